The standard InChI is InChI=1S/C23H25F2NO5/c1-3-7-18(17-8-5-4-6-9-17)26-21(27)15-30-22(28)13-11-16-10-12-19(31-23(24)25)20(14-16)29-2/h4-6,8-14,18,23H,3,7,15H2,1-2H3,(H,26,27)/b13-11+. The molecule has 0 aromatic heterocycles. The van der Waals surface area contributed by atoms with Crippen molar-refractivity contribution in [2.24, 2.45) is 0 Å². The lowest BCUT2D eigenvalue weighted by Crippen LogP contribution is -2.32. The van der Waals surface area contributed by atoms with Gasteiger partial charge in [0.25, 0.3) is 5.91 Å². The molecule has 0 radical (unpaired) electrons. The lowest BCUT2D eigenvalue weighted by molar-refractivity contribution is -0.144. The van der Waals surface area contributed by atoms with Crippen molar-refractivity contribution in [3.05, 3.63) is 65.7 Å². The van der Waals surface area contributed by atoms with Gasteiger partial charge in [-0.3, -0.25) is 4.79 Å². The number of esters is 1. The Morgan fingerprint density at radius 1 is 1.10 bits per heavy atom. The quantitative estimate of drug-likeness (QED) is 0.417. The third-order valence-electron chi connectivity index (χ3n) is 4.28. The Hall–Kier alpha value is -3.42. The molecule has 1 unspecified atom stereocenters. The molecule has 166 valence electrons. The van der Waals surface area contributed by atoms with Gasteiger partial charge in [0.1, 0.15) is 0 Å². The number of rotatable bonds is 11. The van der Waals surface area contributed by atoms with Crippen LogP contribution in [0.25, 0.3) is 6.08 Å². The molecule has 1 atom stereocenters. The zero-order valence-corrected chi connectivity index (χ0v) is 17.3. The van der Waals surface area contributed by atoms with E-state index in [4.69, 9.17) is 9.47 Å². The van der Waals surface area contributed by atoms with Gasteiger partial charge < -0.3 is 19.5 Å². The van der Waals surface area contributed by atoms with Gasteiger partial charge in [-0.15, -0.1) is 0 Å². The average molecular weight is 433 g/mol. The zero-order valence-electron chi connectivity index (χ0n) is 17.3. The highest BCUT2D eigenvalue weighted by Crippen LogP contribution is 2.29. The smallest absolute Gasteiger partial charge is 0.387 e. The number of halogens is 2. The molecular weight excluding hydrogens is 408 g/mol. The van der Waals surface area contributed by atoms with Crippen molar-refractivity contribution in [3.8, 4) is 11.5 Å². The summed E-state index contributed by atoms with van der Waals surface area (Å²) in [6, 6.07) is 13.6. The van der Waals surface area contributed by atoms with Crippen LogP contribution in [-0.2, 0) is 14.3 Å². The highest BCUT2D eigenvalue weighted by Gasteiger charge is 2.15. The van der Waals surface area contributed by atoms with E-state index < -0.39 is 25.1 Å². The molecule has 0 aliphatic heterocycles. The third-order valence-corrected chi connectivity index (χ3v) is 4.28. The van der Waals surface area contributed by atoms with Gasteiger partial charge >= 0.3 is 12.6 Å². The highest BCUT2D eigenvalue weighted by atomic mass is 19.3. The number of hydrogen-bond acceptors (Lipinski definition) is 5. The average Bonchev–Trinajstić information content (AvgIpc) is 2.77. The minimum Gasteiger partial charge on any atom is -0.493 e. The summed E-state index contributed by atoms with van der Waals surface area (Å²) in [5.41, 5.74) is 1.49. The van der Waals surface area contributed by atoms with Crippen LogP contribution in [0.3, 0.4) is 0 Å². The number of methoxy groups -OCH3 is 1. The Bertz CT molecular complexity index is 887. The Kier molecular flexibility index (Phi) is 9.48. The SMILES string of the molecule is CCCC(NC(=O)COC(=O)/C=C/c1ccc(OC(F)F)c(OC)c1)c1ccccc1. The van der Waals surface area contributed by atoms with E-state index >= 15 is 0 Å². The fraction of sp³-hybridized carbons (Fsp3) is 0.304. The van der Waals surface area contributed by atoms with E-state index in [0.717, 1.165) is 24.5 Å². The predicted octanol–water partition coefficient (Wildman–Crippen LogP) is 4.51. The number of ether oxygens (including phenoxy) is 3. The van der Waals surface area contributed by atoms with Gasteiger partial charge in [-0.25, -0.2) is 4.79 Å². The molecule has 0 heterocycles. The van der Waals surface area contributed by atoms with E-state index in [2.05, 4.69) is 10.1 Å². The topological polar surface area (TPSA) is 73.9 Å². The van der Waals surface area contributed by atoms with Gasteiger partial charge in [0.05, 0.1) is 13.2 Å². The first kappa shape index (κ1) is 23.9. The number of carbonyl (C=O) groups excluding carboxylic acids is 2. The van der Waals surface area contributed by atoms with Crippen molar-refractivity contribution in [3.63, 3.8) is 0 Å². The van der Waals surface area contributed by atoms with E-state index in [9.17, 15) is 18.4 Å². The van der Waals surface area contributed by atoms with Crippen LogP contribution >= 0.6 is 0 Å². The molecule has 0 aliphatic carbocycles. The van der Waals surface area contributed by atoms with E-state index in [1.165, 1.54) is 31.4 Å². The van der Waals surface area contributed by atoms with Crippen LogP contribution in [0.2, 0.25) is 0 Å². The Morgan fingerprint density at radius 3 is 2.48 bits per heavy atom. The summed E-state index contributed by atoms with van der Waals surface area (Å²) in [4.78, 5) is 24.1. The van der Waals surface area contributed by atoms with E-state index in [0.29, 0.717) is 5.56 Å². The van der Waals surface area contributed by atoms with Gasteiger partial charge in [-0.2, -0.15) is 8.78 Å². The molecule has 0 fully saturated rings. The lowest BCUT2D eigenvalue weighted by Gasteiger charge is -2.18. The molecule has 2 aromatic carbocycles. The molecule has 6 nitrogen and oxygen atoms in total. The summed E-state index contributed by atoms with van der Waals surface area (Å²) in [5, 5.41) is 2.87. The molecule has 1 amide bonds. The monoisotopic (exact) mass is 433 g/mol. The number of amides is 1. The van der Waals surface area contributed by atoms with Gasteiger partial charge in [0.2, 0.25) is 0 Å². The van der Waals surface area contributed by atoms with Crippen LogP contribution in [0, 0.1) is 0 Å². The van der Waals surface area contributed by atoms with Crippen molar-refractivity contribution in [2.75, 3.05) is 13.7 Å². The summed E-state index contributed by atoms with van der Waals surface area (Å²) in [6.07, 6.45) is 4.19. The van der Waals surface area contributed by atoms with E-state index in [1.54, 1.807) is 0 Å². The largest absolute Gasteiger partial charge is 0.493 e. The molecule has 8 heteroatoms. The summed E-state index contributed by atoms with van der Waals surface area (Å²) in [6.45, 7) is -1.37. The van der Waals surface area contributed by atoms with Gasteiger partial charge in [0, 0.05) is 6.08 Å². The number of carbonyl (C=O) groups is 2. The van der Waals surface area contributed by atoms with Gasteiger partial charge in [-0.1, -0.05) is 49.7 Å². The Balaban J connectivity index is 1.89. The first-order valence-corrected chi connectivity index (χ1v) is 9.75. The first-order valence-electron chi connectivity index (χ1n) is 9.75. The maximum absolute atomic E-state index is 12.4. The van der Waals surface area contributed by atoms with Crippen LogP contribution in [0.1, 0.15) is 36.9 Å². The van der Waals surface area contributed by atoms with Crippen LogP contribution in [-0.4, -0.2) is 32.2 Å². The molecule has 0 aliphatic rings. The number of nitrogens with one attached hydrogen (secondary N) is 1. The first-order chi connectivity index (χ1) is 14.9. The summed E-state index contributed by atoms with van der Waals surface area (Å²) in [7, 11) is 1.31. The van der Waals surface area contributed by atoms with Crippen molar-refractivity contribution in [2.45, 2.75) is 32.4 Å². The highest BCUT2D eigenvalue weighted by molar-refractivity contribution is 5.89. The maximum atomic E-state index is 12.4. The Labute approximate surface area is 179 Å². The summed E-state index contributed by atoms with van der Waals surface area (Å²) in [5.74, 6) is -1.14. The summed E-state index contributed by atoms with van der Waals surface area (Å²) < 4.78 is 39.1. The maximum Gasteiger partial charge on any atom is 0.387 e. The molecule has 0 spiro atoms. The second kappa shape index (κ2) is 12.3. The van der Waals surface area contributed by atoms with Crippen molar-refractivity contribution >= 4 is 18.0 Å². The van der Waals surface area contributed by atoms with E-state index in [1.807, 2.05) is 37.3 Å². The fourth-order valence-corrected chi connectivity index (χ4v) is 2.86. The second-order valence-corrected chi connectivity index (χ2v) is 6.55. The molecule has 2 rings (SSSR count). The molecule has 31 heavy (non-hydrogen) atoms. The number of alkyl halides is 2. The van der Waals surface area contributed by atoms with Crippen LogP contribution in [0.4, 0.5) is 8.78 Å². The zero-order chi connectivity index (χ0) is 22.6. The molecule has 0 saturated heterocycles. The predicted molar refractivity (Wildman–Crippen MR) is 112 cm³/mol. The number of benzene rings is 2. The molecular formula is C23H25F2NO5. The van der Waals surface area contributed by atoms with Crippen LogP contribution < -0.4 is 14.8 Å². The molecule has 0 bridgehead atoms. The van der Waals surface area contributed by atoms with E-state index in [-0.39, 0.29) is 17.5 Å². The van der Waals surface area contributed by atoms with Gasteiger partial charge in [0.15, 0.2) is 18.1 Å². The van der Waals surface area contributed by atoms with Crippen LogP contribution in [0.5, 0.6) is 11.5 Å². The molecule has 2 aromatic rings. The minimum atomic E-state index is -2.98. The Morgan fingerprint density at radius 2 is 1.84 bits per heavy atom. The van der Waals surface area contributed by atoms with Crippen molar-refractivity contribution in [1.29, 1.82) is 0 Å². The summed E-state index contributed by atoms with van der Waals surface area (Å²) >= 11 is 0. The van der Waals surface area contributed by atoms with Crippen molar-refractivity contribution < 1.29 is 32.6 Å². The lowest BCUT2D eigenvalue weighted by atomic mass is 10.0. The minimum absolute atomic E-state index is 0.0954. The van der Waals surface area contributed by atoms with Gasteiger partial charge in [-0.05, 0) is 35.8 Å². The van der Waals surface area contributed by atoms with Crippen molar-refractivity contribution in [1.82, 2.24) is 5.32 Å². The normalized spacial score (nSPS) is 11.9. The van der Waals surface area contributed by atoms with Crippen LogP contribution in [0.15, 0.2) is 54.6 Å². The third kappa shape index (κ3) is 8.08. The molecule has 0 saturated carbocycles. The number of hydrogen-bond donors (Lipinski definition) is 1. The fourth-order valence-electron chi connectivity index (χ4n) is 2.86. The molecule has 1 N–H and O–H groups in total. The second-order valence-electron chi connectivity index (χ2n) is 6.55.